The first-order valence-corrected chi connectivity index (χ1v) is 7.58. The summed E-state index contributed by atoms with van der Waals surface area (Å²) in [7, 11) is 0. The second-order valence-corrected chi connectivity index (χ2v) is 5.65. The van der Waals surface area contributed by atoms with Gasteiger partial charge in [0.1, 0.15) is 29.6 Å². The Hall–Kier alpha value is -1.39. The maximum absolute atomic E-state index is 10.1. The Labute approximate surface area is 124 Å². The third-order valence-electron chi connectivity index (χ3n) is 3.53. The predicted molar refractivity (Wildman–Crippen MR) is 76.7 cm³/mol. The van der Waals surface area contributed by atoms with Crippen LogP contribution in [0.4, 0.5) is 5.82 Å². The molecular formula is C12H16N4O4S. The summed E-state index contributed by atoms with van der Waals surface area (Å²) in [5.41, 5.74) is 6.90. The highest BCUT2D eigenvalue weighted by Gasteiger charge is 2.43. The molecule has 0 aromatic carbocycles. The summed E-state index contributed by atoms with van der Waals surface area (Å²) in [6.45, 7) is -0.382. The van der Waals surface area contributed by atoms with Crippen LogP contribution in [0, 0.1) is 0 Å². The zero-order chi connectivity index (χ0) is 15.1. The lowest BCUT2D eigenvalue weighted by atomic mass is 10.1. The number of aromatic nitrogens is 3. The number of nitrogens with zero attached hydrogens (tertiary/aromatic N) is 3. The summed E-state index contributed by atoms with van der Waals surface area (Å²) in [4.78, 5) is 9.37. The molecule has 9 heteroatoms. The van der Waals surface area contributed by atoms with E-state index in [-0.39, 0.29) is 6.61 Å². The molecule has 5 N–H and O–H groups in total. The van der Waals surface area contributed by atoms with Crippen molar-refractivity contribution in [3.63, 3.8) is 0 Å². The number of aliphatic hydroxyl groups is 3. The predicted octanol–water partition coefficient (Wildman–Crippen LogP) is -0.653. The van der Waals surface area contributed by atoms with Crippen molar-refractivity contribution in [3.8, 4) is 0 Å². The maximum Gasteiger partial charge on any atom is 0.165 e. The number of imidazole rings is 1. The molecule has 1 aliphatic heterocycles. The monoisotopic (exact) mass is 312 g/mol. The van der Waals surface area contributed by atoms with Crippen molar-refractivity contribution in [1.29, 1.82) is 0 Å². The van der Waals surface area contributed by atoms with Gasteiger partial charge in [0.05, 0.1) is 12.9 Å². The Bertz CT molecular complexity index is 664. The Morgan fingerprint density at radius 2 is 2.19 bits per heavy atom. The van der Waals surface area contributed by atoms with Crippen LogP contribution in [-0.4, -0.2) is 61.0 Å². The van der Waals surface area contributed by atoms with Crippen molar-refractivity contribution in [2.75, 3.05) is 18.6 Å². The minimum Gasteiger partial charge on any atom is -0.394 e. The number of fused-ring (bicyclic) bond motifs is 1. The Morgan fingerprint density at radius 3 is 2.81 bits per heavy atom. The number of aliphatic hydroxyl groups excluding tert-OH is 3. The molecule has 1 fully saturated rings. The molecule has 21 heavy (non-hydrogen) atoms. The molecule has 1 saturated heterocycles. The molecule has 0 bridgehead atoms. The number of anilines is 1. The fraction of sp³-hybridized carbons (Fsp3) is 0.500. The fourth-order valence-corrected chi connectivity index (χ4v) is 3.02. The highest BCUT2D eigenvalue weighted by atomic mass is 32.2. The summed E-state index contributed by atoms with van der Waals surface area (Å²) in [6, 6.07) is 1.72. The molecule has 0 spiro atoms. The average Bonchev–Trinajstić information content (AvgIpc) is 3.01. The average molecular weight is 312 g/mol. The number of nitrogen functional groups attached to an aromatic ring is 1. The number of thioether (sulfide) groups is 1. The van der Waals surface area contributed by atoms with Gasteiger partial charge in [-0.05, 0) is 12.3 Å². The summed E-state index contributed by atoms with van der Waals surface area (Å²) in [5, 5.41) is 29.1. The SMILES string of the molecule is CSc1cc(N)nc2c1ncn2[C@@H]1O[C@H](CO)[C@@H](O)[C@H]1O. The van der Waals surface area contributed by atoms with E-state index < -0.39 is 24.5 Å². The maximum atomic E-state index is 10.1. The van der Waals surface area contributed by atoms with Crippen LogP contribution in [0.1, 0.15) is 6.23 Å². The largest absolute Gasteiger partial charge is 0.394 e. The van der Waals surface area contributed by atoms with E-state index in [1.165, 1.54) is 22.7 Å². The standard InChI is InChI=1S/C12H16N4O4S/c1-21-6-2-7(13)15-11-8(6)14-4-16(11)12-10(19)9(18)5(3-17)20-12/h2,4-5,9-10,12,17-19H,3H2,1H3,(H2,13,15)/t5-,9-,10-,12-/m1/s1. The van der Waals surface area contributed by atoms with E-state index >= 15 is 0 Å². The second kappa shape index (κ2) is 5.43. The summed E-state index contributed by atoms with van der Waals surface area (Å²) in [6.07, 6.45) is -0.676. The first kappa shape index (κ1) is 14.5. The van der Waals surface area contributed by atoms with Crippen LogP contribution in [0.5, 0.6) is 0 Å². The molecule has 1 aliphatic rings. The van der Waals surface area contributed by atoms with E-state index in [0.29, 0.717) is 17.0 Å². The smallest absolute Gasteiger partial charge is 0.165 e. The van der Waals surface area contributed by atoms with E-state index in [9.17, 15) is 10.2 Å². The molecule has 0 aliphatic carbocycles. The van der Waals surface area contributed by atoms with Crippen LogP contribution < -0.4 is 5.73 Å². The normalized spacial score (nSPS) is 29.3. The molecule has 8 nitrogen and oxygen atoms in total. The summed E-state index contributed by atoms with van der Waals surface area (Å²) in [5.74, 6) is 0.334. The van der Waals surface area contributed by atoms with Gasteiger partial charge in [-0.3, -0.25) is 4.57 Å². The topological polar surface area (TPSA) is 127 Å². The number of nitrogens with two attached hydrogens (primary N) is 1. The highest BCUT2D eigenvalue weighted by Crippen LogP contribution is 2.33. The molecule has 2 aromatic rings. The first-order chi connectivity index (χ1) is 10.1. The first-order valence-electron chi connectivity index (χ1n) is 6.36. The third-order valence-corrected chi connectivity index (χ3v) is 4.28. The van der Waals surface area contributed by atoms with Gasteiger partial charge in [-0.2, -0.15) is 0 Å². The Morgan fingerprint density at radius 1 is 1.43 bits per heavy atom. The number of pyridine rings is 1. The van der Waals surface area contributed by atoms with Crippen LogP contribution in [0.2, 0.25) is 0 Å². The molecule has 4 atom stereocenters. The van der Waals surface area contributed by atoms with Gasteiger partial charge in [0.2, 0.25) is 0 Å². The van der Waals surface area contributed by atoms with Gasteiger partial charge in [0.25, 0.3) is 0 Å². The van der Waals surface area contributed by atoms with E-state index in [1.54, 1.807) is 6.07 Å². The zero-order valence-corrected chi connectivity index (χ0v) is 12.1. The highest BCUT2D eigenvalue weighted by molar-refractivity contribution is 7.98. The van der Waals surface area contributed by atoms with Gasteiger partial charge in [0, 0.05) is 4.90 Å². The molecule has 0 saturated carbocycles. The Kier molecular flexibility index (Phi) is 3.76. The lowest BCUT2D eigenvalue weighted by Gasteiger charge is -2.16. The van der Waals surface area contributed by atoms with Gasteiger partial charge in [-0.1, -0.05) is 0 Å². The summed E-state index contributed by atoms with van der Waals surface area (Å²) < 4.78 is 7.01. The number of rotatable bonds is 3. The van der Waals surface area contributed by atoms with Crippen molar-refractivity contribution in [3.05, 3.63) is 12.4 Å². The number of hydrogen-bond donors (Lipinski definition) is 4. The van der Waals surface area contributed by atoms with Crippen LogP contribution in [0.15, 0.2) is 17.3 Å². The molecule has 114 valence electrons. The lowest BCUT2D eigenvalue weighted by Crippen LogP contribution is -2.33. The lowest BCUT2D eigenvalue weighted by molar-refractivity contribution is -0.0511. The molecule has 0 radical (unpaired) electrons. The van der Waals surface area contributed by atoms with Gasteiger partial charge < -0.3 is 25.8 Å². The van der Waals surface area contributed by atoms with Gasteiger partial charge in [0.15, 0.2) is 11.9 Å². The van der Waals surface area contributed by atoms with Crippen molar-refractivity contribution in [2.24, 2.45) is 0 Å². The van der Waals surface area contributed by atoms with E-state index in [0.717, 1.165) is 4.90 Å². The molecule has 3 rings (SSSR count). The summed E-state index contributed by atoms with van der Waals surface area (Å²) >= 11 is 1.49. The van der Waals surface area contributed by atoms with Gasteiger partial charge in [-0.15, -0.1) is 11.8 Å². The van der Waals surface area contributed by atoms with Crippen LogP contribution in [-0.2, 0) is 4.74 Å². The van der Waals surface area contributed by atoms with Crippen molar-refractivity contribution in [1.82, 2.24) is 14.5 Å². The molecule has 0 unspecified atom stereocenters. The minimum atomic E-state index is -1.18. The van der Waals surface area contributed by atoms with Crippen molar-refractivity contribution in [2.45, 2.75) is 29.4 Å². The zero-order valence-electron chi connectivity index (χ0n) is 11.2. The van der Waals surface area contributed by atoms with Crippen LogP contribution in [0.3, 0.4) is 0 Å². The number of ether oxygens (including phenoxy) is 1. The molecule has 0 amide bonds. The van der Waals surface area contributed by atoms with E-state index in [4.69, 9.17) is 15.6 Å². The molecule has 2 aromatic heterocycles. The number of hydrogen-bond acceptors (Lipinski definition) is 8. The minimum absolute atomic E-state index is 0.334. The second-order valence-electron chi connectivity index (χ2n) is 4.80. The quantitative estimate of drug-likeness (QED) is 0.551. The van der Waals surface area contributed by atoms with Crippen LogP contribution in [0.25, 0.3) is 11.2 Å². The van der Waals surface area contributed by atoms with Gasteiger partial charge in [-0.25, -0.2) is 9.97 Å². The van der Waals surface area contributed by atoms with E-state index in [2.05, 4.69) is 9.97 Å². The van der Waals surface area contributed by atoms with Crippen molar-refractivity contribution < 1.29 is 20.1 Å². The fourth-order valence-electron chi connectivity index (χ4n) is 2.45. The third kappa shape index (κ3) is 2.27. The van der Waals surface area contributed by atoms with E-state index in [1.807, 2.05) is 6.26 Å². The molecule has 3 heterocycles. The van der Waals surface area contributed by atoms with Gasteiger partial charge >= 0.3 is 0 Å². The van der Waals surface area contributed by atoms with Crippen molar-refractivity contribution >= 4 is 28.7 Å². The van der Waals surface area contributed by atoms with Crippen LogP contribution >= 0.6 is 11.8 Å². The Balaban J connectivity index is 2.07. The molecular weight excluding hydrogens is 296 g/mol.